The highest BCUT2D eigenvalue weighted by atomic mass is 16.1. The molecule has 0 aromatic carbocycles. The molecule has 1 amide bonds. The van der Waals surface area contributed by atoms with Crippen molar-refractivity contribution in [2.24, 2.45) is 0 Å². The Morgan fingerprint density at radius 1 is 1.83 bits per heavy atom. The topological polar surface area (TPSA) is 29.1 Å². The Balaban J connectivity index is 0.000000360. The predicted octanol–water partition coefficient (Wildman–Crippen LogP) is 0.142. The van der Waals surface area contributed by atoms with Crippen LogP contribution in [-0.4, -0.2) is 12.5 Å². The third kappa shape index (κ3) is 0.506. The van der Waals surface area contributed by atoms with Crippen molar-refractivity contribution >= 4 is 5.91 Å². The van der Waals surface area contributed by atoms with Gasteiger partial charge in [0.15, 0.2) is 0 Å². The maximum atomic E-state index is 10.1. The number of rotatable bonds is 0. The molecule has 1 N–H and O–H groups in total. The first-order valence-electron chi connectivity index (χ1n) is 2.16. The molecule has 1 aliphatic rings. The van der Waals surface area contributed by atoms with E-state index >= 15 is 0 Å². The summed E-state index contributed by atoms with van der Waals surface area (Å²) in [5.74, 6) is 0.204. The third-order valence-corrected chi connectivity index (χ3v) is 0.903. The maximum absolute atomic E-state index is 10.1. The summed E-state index contributed by atoms with van der Waals surface area (Å²) in [6, 6.07) is 0. The van der Waals surface area contributed by atoms with Gasteiger partial charge in [-0.25, -0.2) is 0 Å². The minimum absolute atomic E-state index is 0. The summed E-state index contributed by atoms with van der Waals surface area (Å²) in [4.78, 5) is 10.1. The average Bonchev–Trinajstić information content (AvgIpc) is 1.86. The fourth-order valence-electron chi connectivity index (χ4n) is 0.565. The Kier molecular flexibility index (Phi) is 0.783. The second-order valence-electron chi connectivity index (χ2n) is 1.45. The smallest absolute Gasteiger partial charge is 0.220 e. The van der Waals surface area contributed by atoms with Gasteiger partial charge in [-0.05, 0) is 6.42 Å². The van der Waals surface area contributed by atoms with Gasteiger partial charge in [-0.3, -0.25) is 4.79 Å². The van der Waals surface area contributed by atoms with E-state index in [2.05, 4.69) is 5.32 Å². The van der Waals surface area contributed by atoms with Gasteiger partial charge in [0.25, 0.3) is 0 Å². The van der Waals surface area contributed by atoms with Crippen LogP contribution >= 0.6 is 0 Å². The van der Waals surface area contributed by atoms with Crippen LogP contribution in [0.1, 0.15) is 14.3 Å². The molecule has 0 atom stereocenters. The molecule has 0 radical (unpaired) electrons. The second-order valence-corrected chi connectivity index (χ2v) is 1.45. The van der Waals surface area contributed by atoms with Crippen LogP contribution in [0.15, 0.2) is 0 Å². The van der Waals surface area contributed by atoms with Crippen LogP contribution in [0.5, 0.6) is 0 Å². The Labute approximate surface area is 38.0 Å². The molecule has 0 bridgehead atoms. The Morgan fingerprint density at radius 2 is 2.67 bits per heavy atom. The van der Waals surface area contributed by atoms with E-state index in [1.54, 1.807) is 0 Å². The predicted molar refractivity (Wildman–Crippen MR) is 24.4 cm³/mol. The van der Waals surface area contributed by atoms with Crippen LogP contribution in [0.25, 0.3) is 0 Å². The lowest BCUT2D eigenvalue weighted by Crippen LogP contribution is -2.12. The van der Waals surface area contributed by atoms with Crippen molar-refractivity contribution in [3.63, 3.8) is 0 Å². The molecule has 0 aromatic heterocycles. The van der Waals surface area contributed by atoms with Gasteiger partial charge in [0.1, 0.15) is 0 Å². The molecule has 1 aliphatic heterocycles. The van der Waals surface area contributed by atoms with E-state index in [0.29, 0.717) is 0 Å². The lowest BCUT2D eigenvalue weighted by atomic mass is 10.4. The zero-order valence-electron chi connectivity index (χ0n) is 3.53. The number of nitrogens with one attached hydrogen (secondary N) is 1. The molecule has 36 valence electrons. The van der Waals surface area contributed by atoms with E-state index in [-0.39, 0.29) is 7.33 Å². The molecule has 2 heteroatoms. The number of amides is 1. The lowest BCUT2D eigenvalue weighted by molar-refractivity contribution is -0.119. The van der Waals surface area contributed by atoms with Crippen molar-refractivity contribution in [3.05, 3.63) is 0 Å². The van der Waals surface area contributed by atoms with Crippen molar-refractivity contribution in [2.75, 3.05) is 6.54 Å². The first-order chi connectivity index (χ1) is 2.89. The molecule has 1 heterocycles. The molecule has 0 aromatic rings. The SMILES string of the molecule is O=C1CCCN1.[HH]. The normalized spacial score (nSPS) is 21.0. The van der Waals surface area contributed by atoms with Gasteiger partial charge in [-0.1, -0.05) is 0 Å². The molecular weight excluding hydrogens is 78.0 g/mol. The van der Waals surface area contributed by atoms with Crippen LogP contribution in [0, 0.1) is 0 Å². The number of hydrogen-bond donors (Lipinski definition) is 1. The minimum atomic E-state index is 0. The van der Waals surface area contributed by atoms with Gasteiger partial charge < -0.3 is 5.32 Å². The molecule has 0 unspecified atom stereocenters. The molecule has 0 spiro atoms. The van der Waals surface area contributed by atoms with Crippen LogP contribution in [-0.2, 0) is 4.79 Å². The van der Waals surface area contributed by atoms with Crippen LogP contribution in [0.4, 0.5) is 0 Å². The summed E-state index contributed by atoms with van der Waals surface area (Å²) in [6.07, 6.45) is 1.76. The molecule has 2 nitrogen and oxygen atoms in total. The summed E-state index contributed by atoms with van der Waals surface area (Å²) >= 11 is 0. The largest absolute Gasteiger partial charge is 0.356 e. The second kappa shape index (κ2) is 1.29. The highest BCUT2D eigenvalue weighted by molar-refractivity contribution is 5.77. The maximum Gasteiger partial charge on any atom is 0.220 e. The molecule has 6 heavy (non-hydrogen) atoms. The Hall–Kier alpha value is -0.530. The number of carbonyl (C=O) groups is 1. The summed E-state index contributed by atoms with van der Waals surface area (Å²) < 4.78 is 0. The average molecular weight is 87.1 g/mol. The van der Waals surface area contributed by atoms with Crippen molar-refractivity contribution in [1.29, 1.82) is 0 Å². The van der Waals surface area contributed by atoms with Gasteiger partial charge in [-0.2, -0.15) is 0 Å². The molecule has 1 rings (SSSR count). The molecular formula is C4H9NO. The quantitative estimate of drug-likeness (QED) is 0.447. The highest BCUT2D eigenvalue weighted by Gasteiger charge is 2.05. The number of hydrogen-bond acceptors (Lipinski definition) is 1. The molecule has 1 fully saturated rings. The molecule has 0 aliphatic carbocycles. The van der Waals surface area contributed by atoms with E-state index < -0.39 is 0 Å². The fourth-order valence-corrected chi connectivity index (χ4v) is 0.565. The van der Waals surface area contributed by atoms with Crippen molar-refractivity contribution in [1.82, 2.24) is 5.32 Å². The minimum Gasteiger partial charge on any atom is -0.356 e. The molecule has 1 saturated heterocycles. The van der Waals surface area contributed by atoms with Crippen molar-refractivity contribution in [3.8, 4) is 0 Å². The van der Waals surface area contributed by atoms with E-state index in [0.717, 1.165) is 19.4 Å². The monoisotopic (exact) mass is 87.1 g/mol. The standard InChI is InChI=1S/C4H7NO.H2/c6-4-2-1-3-5-4;/h1-3H2,(H,5,6);1H. The Bertz CT molecular complexity index is 66.1. The summed E-state index contributed by atoms with van der Waals surface area (Å²) in [5, 5.41) is 2.68. The first-order valence-corrected chi connectivity index (χ1v) is 2.16. The van der Waals surface area contributed by atoms with E-state index in [9.17, 15) is 4.79 Å². The summed E-state index contributed by atoms with van der Waals surface area (Å²) in [6.45, 7) is 0.888. The highest BCUT2D eigenvalue weighted by Crippen LogP contribution is 1.93. The van der Waals surface area contributed by atoms with E-state index in [1.165, 1.54) is 0 Å². The van der Waals surface area contributed by atoms with E-state index in [4.69, 9.17) is 0 Å². The summed E-state index contributed by atoms with van der Waals surface area (Å²) in [7, 11) is 0. The van der Waals surface area contributed by atoms with Gasteiger partial charge in [0.05, 0.1) is 0 Å². The fraction of sp³-hybridized carbons (Fsp3) is 0.750. The number of carbonyl (C=O) groups excluding carboxylic acids is 1. The van der Waals surface area contributed by atoms with E-state index in [1.807, 2.05) is 0 Å². The van der Waals surface area contributed by atoms with Crippen LogP contribution in [0.3, 0.4) is 0 Å². The van der Waals surface area contributed by atoms with Crippen LogP contribution < -0.4 is 5.32 Å². The van der Waals surface area contributed by atoms with Crippen LogP contribution in [0.2, 0.25) is 0 Å². The van der Waals surface area contributed by atoms with Gasteiger partial charge >= 0.3 is 0 Å². The van der Waals surface area contributed by atoms with Crippen molar-refractivity contribution in [2.45, 2.75) is 12.8 Å². The summed E-state index contributed by atoms with van der Waals surface area (Å²) in [5.41, 5.74) is 0. The lowest BCUT2D eigenvalue weighted by Gasteiger charge is -1.80. The van der Waals surface area contributed by atoms with Gasteiger partial charge in [-0.15, -0.1) is 0 Å². The zero-order chi connectivity index (χ0) is 4.41. The first kappa shape index (κ1) is 3.65. The van der Waals surface area contributed by atoms with Crippen molar-refractivity contribution < 1.29 is 6.22 Å². The Morgan fingerprint density at radius 3 is 2.83 bits per heavy atom. The van der Waals surface area contributed by atoms with Gasteiger partial charge in [0.2, 0.25) is 5.91 Å². The third-order valence-electron chi connectivity index (χ3n) is 0.903. The van der Waals surface area contributed by atoms with Gasteiger partial charge in [0, 0.05) is 14.4 Å². The zero-order valence-corrected chi connectivity index (χ0v) is 3.53. The molecule has 0 saturated carbocycles.